The van der Waals surface area contributed by atoms with Crippen LogP contribution in [0.3, 0.4) is 0 Å². The minimum atomic E-state index is -0.161. The zero-order valence-electron chi connectivity index (χ0n) is 12.4. The van der Waals surface area contributed by atoms with Gasteiger partial charge in [0.15, 0.2) is 0 Å². The van der Waals surface area contributed by atoms with Crippen molar-refractivity contribution in [1.82, 2.24) is 10.6 Å². The quantitative estimate of drug-likeness (QED) is 0.762. The Kier molecular flexibility index (Phi) is 5.30. The molecule has 2 amide bonds. The number of nitrogens with one attached hydrogen (secondary N) is 3. The van der Waals surface area contributed by atoms with Gasteiger partial charge in [-0.25, -0.2) is 0 Å². The second-order valence-electron chi connectivity index (χ2n) is 5.04. The summed E-state index contributed by atoms with van der Waals surface area (Å²) in [6.45, 7) is 3.82. The smallest absolute Gasteiger partial charge is 0.251 e. The molecule has 1 aliphatic rings. The van der Waals surface area contributed by atoms with Gasteiger partial charge in [-0.3, -0.25) is 9.59 Å². The third kappa shape index (κ3) is 4.03. The van der Waals surface area contributed by atoms with E-state index in [-0.39, 0.29) is 17.9 Å². The summed E-state index contributed by atoms with van der Waals surface area (Å²) in [4.78, 5) is 23.8. The van der Waals surface area contributed by atoms with Crippen LogP contribution in [0.25, 0.3) is 0 Å². The molecular weight excluding hydrogens is 270 g/mol. The standard InChI is InChI=1S/C15H21N3O3/c1-10-12(15(20)16-2)4-3-5-13(10)18-14(19)8-11-9-21-7-6-17-11/h3-5,11,17H,6-9H2,1-2H3,(H,16,20)(H,18,19). The van der Waals surface area contributed by atoms with Crippen LogP contribution in [-0.2, 0) is 9.53 Å². The SMILES string of the molecule is CNC(=O)c1cccc(NC(=O)CC2COCCN2)c1C. The van der Waals surface area contributed by atoms with Crippen LogP contribution in [0, 0.1) is 6.92 Å². The number of anilines is 1. The molecule has 0 aliphatic carbocycles. The van der Waals surface area contributed by atoms with E-state index in [1.54, 1.807) is 25.2 Å². The van der Waals surface area contributed by atoms with E-state index in [4.69, 9.17) is 4.74 Å². The van der Waals surface area contributed by atoms with Crippen molar-refractivity contribution in [2.45, 2.75) is 19.4 Å². The van der Waals surface area contributed by atoms with E-state index in [1.165, 1.54) is 0 Å². The number of amides is 2. The van der Waals surface area contributed by atoms with Crippen molar-refractivity contribution in [3.63, 3.8) is 0 Å². The number of morpholine rings is 1. The molecule has 0 bridgehead atoms. The first-order valence-electron chi connectivity index (χ1n) is 7.04. The summed E-state index contributed by atoms with van der Waals surface area (Å²) in [5.41, 5.74) is 1.99. The van der Waals surface area contributed by atoms with E-state index < -0.39 is 0 Å². The average molecular weight is 291 g/mol. The van der Waals surface area contributed by atoms with Crippen molar-refractivity contribution < 1.29 is 14.3 Å². The Morgan fingerprint density at radius 3 is 2.90 bits per heavy atom. The lowest BCUT2D eigenvalue weighted by Gasteiger charge is -2.23. The van der Waals surface area contributed by atoms with Gasteiger partial charge in [-0.1, -0.05) is 6.07 Å². The van der Waals surface area contributed by atoms with Crippen LogP contribution in [0.1, 0.15) is 22.3 Å². The fraction of sp³-hybridized carbons (Fsp3) is 0.467. The molecule has 6 heteroatoms. The first kappa shape index (κ1) is 15.5. The van der Waals surface area contributed by atoms with Crippen molar-refractivity contribution in [2.75, 3.05) is 32.1 Å². The molecule has 0 aromatic heterocycles. The molecule has 1 aromatic carbocycles. The molecule has 1 aromatic rings. The highest BCUT2D eigenvalue weighted by Crippen LogP contribution is 2.19. The highest BCUT2D eigenvalue weighted by atomic mass is 16.5. The van der Waals surface area contributed by atoms with E-state index in [9.17, 15) is 9.59 Å². The zero-order valence-corrected chi connectivity index (χ0v) is 12.4. The molecule has 1 saturated heterocycles. The molecule has 0 spiro atoms. The van der Waals surface area contributed by atoms with Crippen LogP contribution in [0.2, 0.25) is 0 Å². The molecule has 0 radical (unpaired) electrons. The first-order chi connectivity index (χ1) is 10.1. The number of carbonyl (C=O) groups excluding carboxylic acids is 2. The average Bonchev–Trinajstić information content (AvgIpc) is 2.49. The number of ether oxygens (including phenoxy) is 1. The Labute approximate surface area is 124 Å². The summed E-state index contributed by atoms with van der Waals surface area (Å²) in [6.07, 6.45) is 0.351. The third-order valence-corrected chi connectivity index (χ3v) is 3.51. The summed E-state index contributed by atoms with van der Waals surface area (Å²) in [5, 5.41) is 8.69. The van der Waals surface area contributed by atoms with Gasteiger partial charge in [0.25, 0.3) is 5.91 Å². The Morgan fingerprint density at radius 1 is 1.43 bits per heavy atom. The number of rotatable bonds is 4. The molecule has 1 heterocycles. The van der Waals surface area contributed by atoms with Crippen LogP contribution in [0.5, 0.6) is 0 Å². The van der Waals surface area contributed by atoms with E-state index in [1.807, 2.05) is 6.92 Å². The Bertz CT molecular complexity index is 525. The molecule has 1 aliphatic heterocycles. The van der Waals surface area contributed by atoms with Crippen molar-refractivity contribution >= 4 is 17.5 Å². The Hall–Kier alpha value is -1.92. The van der Waals surface area contributed by atoms with Crippen LogP contribution in [-0.4, -0.2) is 44.7 Å². The van der Waals surface area contributed by atoms with E-state index in [2.05, 4.69) is 16.0 Å². The number of hydrogen-bond donors (Lipinski definition) is 3. The maximum atomic E-state index is 12.1. The highest BCUT2D eigenvalue weighted by molar-refractivity contribution is 5.99. The zero-order chi connectivity index (χ0) is 15.2. The molecule has 6 nitrogen and oxygen atoms in total. The summed E-state index contributed by atoms with van der Waals surface area (Å²) in [7, 11) is 1.59. The predicted molar refractivity (Wildman–Crippen MR) is 80.4 cm³/mol. The van der Waals surface area contributed by atoms with Crippen molar-refractivity contribution in [1.29, 1.82) is 0 Å². The van der Waals surface area contributed by atoms with Crippen molar-refractivity contribution in [3.8, 4) is 0 Å². The van der Waals surface area contributed by atoms with Gasteiger partial charge in [0.2, 0.25) is 5.91 Å². The van der Waals surface area contributed by atoms with Gasteiger partial charge in [0.1, 0.15) is 0 Å². The van der Waals surface area contributed by atoms with E-state index in [0.717, 1.165) is 12.1 Å². The van der Waals surface area contributed by atoms with E-state index in [0.29, 0.717) is 30.9 Å². The molecule has 114 valence electrons. The molecule has 1 fully saturated rings. The summed E-state index contributed by atoms with van der Waals surface area (Å²) in [6, 6.07) is 5.33. The number of benzene rings is 1. The van der Waals surface area contributed by atoms with E-state index >= 15 is 0 Å². The lowest BCUT2D eigenvalue weighted by molar-refractivity contribution is -0.117. The van der Waals surface area contributed by atoms with Gasteiger partial charge in [0, 0.05) is 37.3 Å². The highest BCUT2D eigenvalue weighted by Gasteiger charge is 2.18. The largest absolute Gasteiger partial charge is 0.378 e. The second-order valence-corrected chi connectivity index (χ2v) is 5.04. The fourth-order valence-electron chi connectivity index (χ4n) is 2.33. The van der Waals surface area contributed by atoms with Crippen LogP contribution in [0.15, 0.2) is 18.2 Å². The van der Waals surface area contributed by atoms with Crippen LogP contribution >= 0.6 is 0 Å². The molecule has 0 saturated carbocycles. The van der Waals surface area contributed by atoms with Crippen molar-refractivity contribution in [2.24, 2.45) is 0 Å². The molecule has 3 N–H and O–H groups in total. The number of hydrogen-bond acceptors (Lipinski definition) is 4. The lowest BCUT2D eigenvalue weighted by atomic mass is 10.1. The predicted octanol–water partition coefficient (Wildman–Crippen LogP) is 0.672. The molecule has 1 atom stereocenters. The summed E-state index contributed by atoms with van der Waals surface area (Å²) < 4.78 is 5.33. The fourth-order valence-corrected chi connectivity index (χ4v) is 2.33. The van der Waals surface area contributed by atoms with Gasteiger partial charge in [0.05, 0.1) is 13.2 Å². The molecule has 21 heavy (non-hydrogen) atoms. The minimum absolute atomic E-state index is 0.0428. The topological polar surface area (TPSA) is 79.5 Å². The lowest BCUT2D eigenvalue weighted by Crippen LogP contribution is -2.43. The number of carbonyl (C=O) groups is 2. The van der Waals surface area contributed by atoms with Crippen LogP contribution < -0.4 is 16.0 Å². The molecular formula is C15H21N3O3. The Balaban J connectivity index is 2.01. The normalized spacial score (nSPS) is 18.1. The van der Waals surface area contributed by atoms with Crippen molar-refractivity contribution in [3.05, 3.63) is 29.3 Å². The van der Waals surface area contributed by atoms with Crippen LogP contribution in [0.4, 0.5) is 5.69 Å². The van der Waals surface area contributed by atoms with Gasteiger partial charge >= 0.3 is 0 Å². The van der Waals surface area contributed by atoms with Gasteiger partial charge in [-0.2, -0.15) is 0 Å². The Morgan fingerprint density at radius 2 is 2.24 bits per heavy atom. The third-order valence-electron chi connectivity index (χ3n) is 3.51. The molecule has 2 rings (SSSR count). The second kappa shape index (κ2) is 7.19. The van der Waals surface area contributed by atoms with Gasteiger partial charge < -0.3 is 20.7 Å². The summed E-state index contributed by atoms with van der Waals surface area (Å²) >= 11 is 0. The maximum absolute atomic E-state index is 12.1. The molecule has 1 unspecified atom stereocenters. The van der Waals surface area contributed by atoms with Gasteiger partial charge in [-0.05, 0) is 24.6 Å². The van der Waals surface area contributed by atoms with Gasteiger partial charge in [-0.15, -0.1) is 0 Å². The maximum Gasteiger partial charge on any atom is 0.251 e. The first-order valence-corrected chi connectivity index (χ1v) is 7.04. The minimum Gasteiger partial charge on any atom is -0.378 e. The summed E-state index contributed by atoms with van der Waals surface area (Å²) in [5.74, 6) is -0.249. The monoisotopic (exact) mass is 291 g/mol.